The van der Waals surface area contributed by atoms with Crippen molar-refractivity contribution in [2.75, 3.05) is 13.1 Å². The zero-order valence-electron chi connectivity index (χ0n) is 11.9. The lowest BCUT2D eigenvalue weighted by atomic mass is 10.1. The summed E-state index contributed by atoms with van der Waals surface area (Å²) in [4.78, 5) is 11.2. The van der Waals surface area contributed by atoms with E-state index in [1.165, 1.54) is 51.4 Å². The second-order valence-corrected chi connectivity index (χ2v) is 4.72. The highest BCUT2D eigenvalue weighted by atomic mass is 35.5. The number of hydrogen-bond donors (Lipinski definition) is 2. The van der Waals surface area contributed by atoms with Crippen molar-refractivity contribution in [2.45, 2.75) is 71.1 Å². The maximum absolute atomic E-state index is 11.2. The molecule has 0 aromatic carbocycles. The predicted molar refractivity (Wildman–Crippen MR) is 81.2 cm³/mol. The van der Waals surface area contributed by atoms with E-state index >= 15 is 0 Å². The summed E-state index contributed by atoms with van der Waals surface area (Å²) < 4.78 is 0. The van der Waals surface area contributed by atoms with Gasteiger partial charge in [0.2, 0.25) is 5.91 Å². The minimum Gasteiger partial charge on any atom is -0.355 e. The number of hydrogen-bond acceptors (Lipinski definition) is 2. The first-order valence-electron chi connectivity index (χ1n) is 7.28. The molecule has 3 nitrogen and oxygen atoms in total. The Morgan fingerprint density at radius 1 is 0.944 bits per heavy atom. The molecule has 0 spiro atoms. The first-order chi connectivity index (χ1) is 8.31. The van der Waals surface area contributed by atoms with Crippen molar-refractivity contribution in [1.29, 1.82) is 0 Å². The molecular weight excluding hydrogens is 248 g/mol. The maximum atomic E-state index is 11.2. The van der Waals surface area contributed by atoms with Gasteiger partial charge >= 0.3 is 0 Å². The fourth-order valence-electron chi connectivity index (χ4n) is 1.90. The number of amides is 1. The Hall–Kier alpha value is -0.280. The Morgan fingerprint density at radius 3 is 1.94 bits per heavy atom. The highest BCUT2D eigenvalue weighted by Gasteiger charge is 1.99. The number of carbonyl (C=O) groups excluding carboxylic acids is 1. The standard InChI is InChI=1S/C14H30N2O.ClH/c1-2-3-4-5-6-7-8-9-10-11-14(17)16-13-12-15;/h2-13,15H2,1H3,(H,16,17);1H. The van der Waals surface area contributed by atoms with Gasteiger partial charge in [-0.25, -0.2) is 0 Å². The van der Waals surface area contributed by atoms with Crippen LogP contribution in [0.2, 0.25) is 0 Å². The second kappa shape index (κ2) is 16.7. The molecule has 0 radical (unpaired) electrons. The Balaban J connectivity index is 0. The number of nitrogens with two attached hydrogens (primary N) is 1. The van der Waals surface area contributed by atoms with Crippen LogP contribution in [0.5, 0.6) is 0 Å². The number of halogens is 1. The maximum Gasteiger partial charge on any atom is 0.220 e. The van der Waals surface area contributed by atoms with Crippen molar-refractivity contribution in [2.24, 2.45) is 5.73 Å². The van der Waals surface area contributed by atoms with Gasteiger partial charge < -0.3 is 11.1 Å². The molecule has 18 heavy (non-hydrogen) atoms. The third-order valence-corrected chi connectivity index (χ3v) is 2.97. The molecule has 0 atom stereocenters. The van der Waals surface area contributed by atoms with Crippen molar-refractivity contribution in [1.82, 2.24) is 5.32 Å². The fraction of sp³-hybridized carbons (Fsp3) is 0.929. The summed E-state index contributed by atoms with van der Waals surface area (Å²) in [7, 11) is 0. The lowest BCUT2D eigenvalue weighted by molar-refractivity contribution is -0.121. The zero-order valence-corrected chi connectivity index (χ0v) is 12.7. The Kier molecular flexibility index (Phi) is 18.6. The topological polar surface area (TPSA) is 55.1 Å². The van der Waals surface area contributed by atoms with E-state index in [4.69, 9.17) is 5.73 Å². The van der Waals surface area contributed by atoms with Crippen LogP contribution in [-0.2, 0) is 4.79 Å². The van der Waals surface area contributed by atoms with Crippen molar-refractivity contribution >= 4 is 18.3 Å². The summed E-state index contributed by atoms with van der Waals surface area (Å²) in [5, 5.41) is 2.79. The number of carbonyl (C=O) groups is 1. The zero-order chi connectivity index (χ0) is 12.8. The van der Waals surface area contributed by atoms with Gasteiger partial charge in [-0.1, -0.05) is 58.3 Å². The molecule has 110 valence electrons. The molecule has 0 unspecified atom stereocenters. The van der Waals surface area contributed by atoms with Gasteiger partial charge in [0.1, 0.15) is 0 Å². The van der Waals surface area contributed by atoms with E-state index in [-0.39, 0.29) is 18.3 Å². The SMILES string of the molecule is CCCCCCCCCCCC(=O)NCCN.Cl. The molecule has 0 aliphatic rings. The molecule has 0 saturated carbocycles. The first kappa shape index (κ1) is 20.0. The summed E-state index contributed by atoms with van der Waals surface area (Å²) in [6.07, 6.45) is 12.3. The van der Waals surface area contributed by atoms with Gasteiger partial charge in [0.05, 0.1) is 0 Å². The van der Waals surface area contributed by atoms with E-state index < -0.39 is 0 Å². The van der Waals surface area contributed by atoms with Crippen LogP contribution >= 0.6 is 12.4 Å². The van der Waals surface area contributed by atoms with Crippen LogP contribution < -0.4 is 11.1 Å². The molecule has 0 aliphatic carbocycles. The van der Waals surface area contributed by atoms with Crippen LogP contribution in [0.15, 0.2) is 0 Å². The number of nitrogens with one attached hydrogen (secondary N) is 1. The number of rotatable bonds is 12. The van der Waals surface area contributed by atoms with Crippen molar-refractivity contribution < 1.29 is 4.79 Å². The summed E-state index contributed by atoms with van der Waals surface area (Å²) in [5.74, 6) is 0.151. The fourth-order valence-corrected chi connectivity index (χ4v) is 1.90. The lowest BCUT2D eigenvalue weighted by Crippen LogP contribution is -2.28. The summed E-state index contributed by atoms with van der Waals surface area (Å²) in [6, 6.07) is 0. The van der Waals surface area contributed by atoms with Gasteiger partial charge in [-0.2, -0.15) is 0 Å². The van der Waals surface area contributed by atoms with Gasteiger partial charge in [-0.05, 0) is 6.42 Å². The molecule has 0 saturated heterocycles. The van der Waals surface area contributed by atoms with Crippen LogP contribution in [0, 0.1) is 0 Å². The molecule has 0 heterocycles. The van der Waals surface area contributed by atoms with Gasteiger partial charge in [0, 0.05) is 19.5 Å². The molecule has 0 fully saturated rings. The summed E-state index contributed by atoms with van der Waals surface area (Å²) in [6.45, 7) is 3.38. The molecule has 0 aliphatic heterocycles. The molecule has 0 aromatic heterocycles. The minimum absolute atomic E-state index is 0. The van der Waals surface area contributed by atoms with E-state index in [1.807, 2.05) is 0 Å². The molecule has 3 N–H and O–H groups in total. The predicted octanol–water partition coefficient (Wildman–Crippen LogP) is 3.40. The highest BCUT2D eigenvalue weighted by Crippen LogP contribution is 2.10. The van der Waals surface area contributed by atoms with E-state index in [1.54, 1.807) is 0 Å². The van der Waals surface area contributed by atoms with E-state index in [9.17, 15) is 4.79 Å². The van der Waals surface area contributed by atoms with Crippen molar-refractivity contribution in [3.8, 4) is 0 Å². The van der Waals surface area contributed by atoms with Crippen LogP contribution in [0.3, 0.4) is 0 Å². The van der Waals surface area contributed by atoms with Crippen molar-refractivity contribution in [3.05, 3.63) is 0 Å². The lowest BCUT2D eigenvalue weighted by Gasteiger charge is -2.03. The van der Waals surface area contributed by atoms with Crippen LogP contribution in [0.4, 0.5) is 0 Å². The van der Waals surface area contributed by atoms with E-state index in [0.717, 1.165) is 6.42 Å². The monoisotopic (exact) mass is 278 g/mol. The van der Waals surface area contributed by atoms with Crippen LogP contribution in [-0.4, -0.2) is 19.0 Å². The van der Waals surface area contributed by atoms with Crippen LogP contribution in [0.25, 0.3) is 0 Å². The largest absolute Gasteiger partial charge is 0.355 e. The molecule has 0 aromatic rings. The molecular formula is C14H31ClN2O. The Bertz CT molecular complexity index is 177. The molecule has 1 amide bonds. The van der Waals surface area contributed by atoms with Gasteiger partial charge in [-0.3, -0.25) is 4.79 Å². The average Bonchev–Trinajstić information content (AvgIpc) is 2.34. The minimum atomic E-state index is 0. The first-order valence-corrected chi connectivity index (χ1v) is 7.28. The van der Waals surface area contributed by atoms with Crippen LogP contribution in [0.1, 0.15) is 71.1 Å². The Morgan fingerprint density at radius 2 is 1.44 bits per heavy atom. The average molecular weight is 279 g/mol. The van der Waals surface area contributed by atoms with Gasteiger partial charge in [-0.15, -0.1) is 12.4 Å². The summed E-state index contributed by atoms with van der Waals surface area (Å²) >= 11 is 0. The summed E-state index contributed by atoms with van der Waals surface area (Å²) in [5.41, 5.74) is 5.31. The van der Waals surface area contributed by atoms with E-state index in [2.05, 4.69) is 12.2 Å². The second-order valence-electron chi connectivity index (χ2n) is 4.72. The molecule has 0 bridgehead atoms. The third kappa shape index (κ3) is 15.7. The highest BCUT2D eigenvalue weighted by molar-refractivity contribution is 5.85. The van der Waals surface area contributed by atoms with Crippen molar-refractivity contribution in [3.63, 3.8) is 0 Å². The number of unbranched alkanes of at least 4 members (excludes halogenated alkanes) is 8. The Labute approximate surface area is 119 Å². The molecule has 0 rings (SSSR count). The molecule has 4 heteroatoms. The smallest absolute Gasteiger partial charge is 0.220 e. The van der Waals surface area contributed by atoms with Gasteiger partial charge in [0.15, 0.2) is 0 Å². The third-order valence-electron chi connectivity index (χ3n) is 2.97. The van der Waals surface area contributed by atoms with E-state index in [0.29, 0.717) is 19.5 Å². The normalized spacial score (nSPS) is 9.89. The quantitative estimate of drug-likeness (QED) is 0.538. The van der Waals surface area contributed by atoms with Gasteiger partial charge in [0.25, 0.3) is 0 Å².